The van der Waals surface area contributed by atoms with Crippen LogP contribution in [0.2, 0.25) is 0 Å². The van der Waals surface area contributed by atoms with Crippen molar-refractivity contribution in [2.75, 3.05) is 39.4 Å². The number of carbonyl (C=O) groups is 3. The van der Waals surface area contributed by atoms with Gasteiger partial charge in [0.05, 0.1) is 19.6 Å². The quantitative estimate of drug-likeness (QED) is 0.241. The van der Waals surface area contributed by atoms with Crippen molar-refractivity contribution in [3.63, 3.8) is 0 Å². The number of hydrogen-bond donors (Lipinski definition) is 3. The van der Waals surface area contributed by atoms with Crippen molar-refractivity contribution in [2.45, 2.75) is 83.6 Å². The molecule has 0 saturated carbocycles. The van der Waals surface area contributed by atoms with E-state index in [-0.39, 0.29) is 18.2 Å². The second kappa shape index (κ2) is 18.7. The third-order valence-corrected chi connectivity index (χ3v) is 6.92. The lowest BCUT2D eigenvalue weighted by Crippen LogP contribution is -2.50. The molecule has 0 aromatic heterocycles. The highest BCUT2D eigenvalue weighted by Crippen LogP contribution is 2.17. The summed E-state index contributed by atoms with van der Waals surface area (Å²) in [7, 11) is 0. The number of hydrogen-bond acceptors (Lipinski definition) is 5. The Balaban J connectivity index is 1.90. The first-order valence-electron chi connectivity index (χ1n) is 14.1. The van der Waals surface area contributed by atoms with E-state index in [4.69, 9.17) is 4.74 Å². The summed E-state index contributed by atoms with van der Waals surface area (Å²) in [4.78, 5) is 40.0. The Kier molecular flexibility index (Phi) is 15.6. The van der Waals surface area contributed by atoms with Gasteiger partial charge in [0.15, 0.2) is 0 Å². The van der Waals surface area contributed by atoms with Gasteiger partial charge in [-0.15, -0.1) is 0 Å². The van der Waals surface area contributed by atoms with Crippen LogP contribution in [-0.2, 0) is 25.5 Å². The number of carboxylic acid groups (broad SMARTS) is 1. The van der Waals surface area contributed by atoms with Gasteiger partial charge in [-0.05, 0) is 24.9 Å². The van der Waals surface area contributed by atoms with Gasteiger partial charge >= 0.3 is 5.97 Å². The van der Waals surface area contributed by atoms with Crippen LogP contribution in [0.15, 0.2) is 30.3 Å². The fraction of sp³-hybridized carbons (Fsp3) is 0.690. The molecule has 2 atom stereocenters. The minimum absolute atomic E-state index is 0.221. The van der Waals surface area contributed by atoms with Gasteiger partial charge < -0.3 is 20.5 Å². The molecule has 0 radical (unpaired) electrons. The van der Waals surface area contributed by atoms with Crippen molar-refractivity contribution in [3.8, 4) is 0 Å². The Morgan fingerprint density at radius 1 is 0.946 bits per heavy atom. The zero-order valence-electron chi connectivity index (χ0n) is 22.6. The third-order valence-electron chi connectivity index (χ3n) is 6.92. The Morgan fingerprint density at radius 3 is 2.30 bits per heavy atom. The van der Waals surface area contributed by atoms with Crippen molar-refractivity contribution in [1.82, 2.24) is 15.5 Å². The minimum Gasteiger partial charge on any atom is -0.481 e. The van der Waals surface area contributed by atoms with Gasteiger partial charge in [0.1, 0.15) is 6.04 Å². The Bertz CT molecular complexity index is 783. The van der Waals surface area contributed by atoms with Crippen LogP contribution in [0.1, 0.15) is 76.7 Å². The molecule has 0 unspecified atom stereocenters. The number of carbonyl (C=O) groups excluding carboxylic acids is 2. The first-order valence-corrected chi connectivity index (χ1v) is 14.1. The average molecular weight is 518 g/mol. The van der Waals surface area contributed by atoms with Crippen LogP contribution in [0, 0.1) is 5.92 Å². The summed E-state index contributed by atoms with van der Waals surface area (Å²) in [6, 6.07) is 8.83. The van der Waals surface area contributed by atoms with E-state index in [0.29, 0.717) is 19.4 Å². The molecule has 1 aromatic carbocycles. The second-order valence-corrected chi connectivity index (χ2v) is 10.1. The second-order valence-electron chi connectivity index (χ2n) is 10.1. The van der Waals surface area contributed by atoms with Gasteiger partial charge in [0.25, 0.3) is 0 Å². The number of benzene rings is 1. The van der Waals surface area contributed by atoms with E-state index in [9.17, 15) is 19.5 Å². The molecular weight excluding hydrogens is 470 g/mol. The van der Waals surface area contributed by atoms with Crippen molar-refractivity contribution in [1.29, 1.82) is 0 Å². The van der Waals surface area contributed by atoms with Crippen LogP contribution in [0.3, 0.4) is 0 Å². The van der Waals surface area contributed by atoms with Crippen LogP contribution in [0.25, 0.3) is 0 Å². The molecule has 2 rings (SSSR count). The summed E-state index contributed by atoms with van der Waals surface area (Å²) >= 11 is 0. The molecule has 3 N–H and O–H groups in total. The van der Waals surface area contributed by atoms with Gasteiger partial charge in [-0.1, -0.05) is 82.2 Å². The minimum atomic E-state index is -0.990. The number of nitrogens with zero attached hydrogens (tertiary/aromatic N) is 1. The van der Waals surface area contributed by atoms with E-state index in [1.807, 2.05) is 30.3 Å². The standard InChI is InChI=1S/C29H47N3O5/c1-2-3-4-5-6-7-11-15-25(23-27(33)34)28(35)31-26(22-24-13-9-8-10-14-24)29(36)30-16-12-17-32-18-20-37-21-19-32/h8-10,13-14,25-26H,2-7,11-12,15-23H2,1H3,(H,30,36)(H,31,35)(H,33,34)/t25-,26+/m0/s1. The number of rotatable bonds is 19. The summed E-state index contributed by atoms with van der Waals surface area (Å²) in [5.74, 6) is -2.21. The van der Waals surface area contributed by atoms with Gasteiger partial charge in [-0.25, -0.2) is 0 Å². The lowest BCUT2D eigenvalue weighted by atomic mass is 9.95. The average Bonchev–Trinajstić information content (AvgIpc) is 2.90. The molecule has 0 aliphatic carbocycles. The molecule has 0 bridgehead atoms. The van der Waals surface area contributed by atoms with Gasteiger partial charge in [-0.3, -0.25) is 19.3 Å². The SMILES string of the molecule is CCCCCCCCC[C@@H](CC(=O)O)C(=O)N[C@H](Cc1ccccc1)C(=O)NCCCN1CCOCC1. The topological polar surface area (TPSA) is 108 Å². The number of ether oxygens (including phenoxy) is 1. The molecule has 0 spiro atoms. The van der Waals surface area contributed by atoms with E-state index in [1.54, 1.807) is 0 Å². The molecule has 1 aliphatic heterocycles. The Labute approximate surface area is 222 Å². The summed E-state index contributed by atoms with van der Waals surface area (Å²) in [5.41, 5.74) is 0.943. The summed E-state index contributed by atoms with van der Waals surface area (Å²) in [6.07, 6.45) is 9.22. The van der Waals surface area contributed by atoms with Crippen molar-refractivity contribution < 1.29 is 24.2 Å². The number of amides is 2. The molecule has 1 saturated heterocycles. The summed E-state index contributed by atoms with van der Waals surface area (Å²) < 4.78 is 5.37. The number of carboxylic acids is 1. The smallest absolute Gasteiger partial charge is 0.304 e. The molecule has 1 aliphatic rings. The van der Waals surface area contributed by atoms with E-state index >= 15 is 0 Å². The molecule has 8 nitrogen and oxygen atoms in total. The number of aliphatic carboxylic acids is 1. The third kappa shape index (κ3) is 13.6. The molecule has 37 heavy (non-hydrogen) atoms. The van der Waals surface area contributed by atoms with Crippen molar-refractivity contribution in [2.24, 2.45) is 5.92 Å². The number of nitrogens with one attached hydrogen (secondary N) is 2. The molecule has 208 valence electrons. The van der Waals surface area contributed by atoms with E-state index in [0.717, 1.165) is 64.1 Å². The predicted molar refractivity (Wildman–Crippen MR) is 145 cm³/mol. The zero-order chi connectivity index (χ0) is 26.7. The fourth-order valence-corrected chi connectivity index (χ4v) is 4.70. The van der Waals surface area contributed by atoms with E-state index in [1.165, 1.54) is 25.7 Å². The Morgan fingerprint density at radius 2 is 1.62 bits per heavy atom. The van der Waals surface area contributed by atoms with Crippen LogP contribution >= 0.6 is 0 Å². The number of morpholine rings is 1. The maximum absolute atomic E-state index is 13.2. The molecule has 1 aromatic rings. The van der Waals surface area contributed by atoms with Gasteiger partial charge in [0.2, 0.25) is 11.8 Å². The number of unbranched alkanes of at least 4 members (excludes halogenated alkanes) is 6. The highest BCUT2D eigenvalue weighted by atomic mass is 16.5. The predicted octanol–water partition coefficient (Wildman–Crippen LogP) is 3.78. The highest BCUT2D eigenvalue weighted by molar-refractivity contribution is 5.90. The molecular formula is C29H47N3O5. The maximum atomic E-state index is 13.2. The largest absolute Gasteiger partial charge is 0.481 e. The molecule has 1 fully saturated rings. The van der Waals surface area contributed by atoms with Crippen molar-refractivity contribution in [3.05, 3.63) is 35.9 Å². The molecule has 2 amide bonds. The lowest BCUT2D eigenvalue weighted by Gasteiger charge is -2.26. The highest BCUT2D eigenvalue weighted by Gasteiger charge is 2.27. The lowest BCUT2D eigenvalue weighted by molar-refractivity contribution is -0.141. The van der Waals surface area contributed by atoms with Crippen LogP contribution in [0.5, 0.6) is 0 Å². The maximum Gasteiger partial charge on any atom is 0.304 e. The first kappa shape index (κ1) is 30.8. The summed E-state index contributed by atoms with van der Waals surface area (Å²) in [5, 5.41) is 15.3. The first-order chi connectivity index (χ1) is 18.0. The molecule has 1 heterocycles. The van der Waals surface area contributed by atoms with Crippen LogP contribution in [0.4, 0.5) is 0 Å². The van der Waals surface area contributed by atoms with E-state index in [2.05, 4.69) is 22.5 Å². The fourth-order valence-electron chi connectivity index (χ4n) is 4.70. The monoisotopic (exact) mass is 517 g/mol. The van der Waals surface area contributed by atoms with Crippen LogP contribution in [-0.4, -0.2) is 73.2 Å². The Hall–Kier alpha value is -2.45. The van der Waals surface area contributed by atoms with Crippen molar-refractivity contribution >= 4 is 17.8 Å². The normalized spacial score (nSPS) is 15.6. The molecule has 8 heteroatoms. The van der Waals surface area contributed by atoms with E-state index < -0.39 is 17.9 Å². The van der Waals surface area contributed by atoms with Gasteiger partial charge in [0, 0.05) is 32.0 Å². The van der Waals surface area contributed by atoms with Crippen LogP contribution < -0.4 is 10.6 Å². The van der Waals surface area contributed by atoms with Gasteiger partial charge in [-0.2, -0.15) is 0 Å². The summed E-state index contributed by atoms with van der Waals surface area (Å²) in [6.45, 7) is 6.90. The zero-order valence-corrected chi connectivity index (χ0v) is 22.6.